The fourth-order valence-electron chi connectivity index (χ4n) is 0.931. The molecular weight excluding hydrogens is 192 g/mol. The van der Waals surface area contributed by atoms with Crippen molar-refractivity contribution in [3.63, 3.8) is 0 Å². The fourth-order valence-corrected chi connectivity index (χ4v) is 0.931. The second kappa shape index (κ2) is 4.95. The minimum atomic E-state index is -0.941. The lowest BCUT2D eigenvalue weighted by molar-refractivity contribution is 0.0697. The first kappa shape index (κ1) is 11.0. The van der Waals surface area contributed by atoms with Crippen LogP contribution in [0.2, 0.25) is 0 Å². The van der Waals surface area contributed by atoms with Gasteiger partial charge < -0.3 is 10.8 Å². The Morgan fingerprint density at radius 2 is 2.00 bits per heavy atom. The Hall–Kier alpha value is -2.10. The molecule has 0 heterocycles. The number of benzene rings is 1. The Balaban J connectivity index is 2.77. The smallest absolute Gasteiger partial charge is 0.335 e. The molecular formula is C11H12N2O2. The van der Waals surface area contributed by atoms with Gasteiger partial charge >= 0.3 is 5.97 Å². The lowest BCUT2D eigenvalue weighted by Gasteiger charge is -1.94. The molecule has 0 saturated carbocycles. The van der Waals surface area contributed by atoms with Crippen LogP contribution in [-0.2, 0) is 0 Å². The molecule has 4 nitrogen and oxygen atoms in total. The number of carboxylic acids is 1. The van der Waals surface area contributed by atoms with E-state index in [1.165, 1.54) is 12.1 Å². The van der Waals surface area contributed by atoms with Crippen LogP contribution in [0.25, 0.3) is 0 Å². The predicted octanol–water partition coefficient (Wildman–Crippen LogP) is 1.95. The van der Waals surface area contributed by atoms with Gasteiger partial charge in [-0.2, -0.15) is 0 Å². The summed E-state index contributed by atoms with van der Waals surface area (Å²) in [6.07, 6.45) is 3.25. The van der Waals surface area contributed by atoms with E-state index >= 15 is 0 Å². The van der Waals surface area contributed by atoms with Crippen LogP contribution in [0.3, 0.4) is 0 Å². The number of rotatable bonds is 3. The Labute approximate surface area is 87.8 Å². The molecule has 0 bridgehead atoms. The third kappa shape index (κ3) is 3.64. The Morgan fingerprint density at radius 1 is 1.40 bits per heavy atom. The monoisotopic (exact) mass is 204 g/mol. The lowest BCUT2D eigenvalue weighted by Crippen LogP contribution is -1.94. The Bertz CT molecular complexity index is 401. The van der Waals surface area contributed by atoms with Crippen molar-refractivity contribution in [2.45, 2.75) is 6.92 Å². The quantitative estimate of drug-likeness (QED) is 0.739. The van der Waals surface area contributed by atoms with Gasteiger partial charge in [-0.3, -0.25) is 4.99 Å². The van der Waals surface area contributed by atoms with Gasteiger partial charge in [-0.05, 0) is 37.3 Å². The van der Waals surface area contributed by atoms with Gasteiger partial charge in [0.15, 0.2) is 0 Å². The van der Waals surface area contributed by atoms with Crippen LogP contribution >= 0.6 is 0 Å². The van der Waals surface area contributed by atoms with Gasteiger partial charge in [-0.25, -0.2) is 4.79 Å². The van der Waals surface area contributed by atoms with Crippen molar-refractivity contribution in [1.82, 2.24) is 0 Å². The van der Waals surface area contributed by atoms with Crippen molar-refractivity contribution < 1.29 is 9.90 Å². The molecule has 0 amide bonds. The van der Waals surface area contributed by atoms with E-state index in [-0.39, 0.29) is 5.56 Å². The maximum atomic E-state index is 10.6. The summed E-state index contributed by atoms with van der Waals surface area (Å²) in [5, 5.41) is 8.66. The van der Waals surface area contributed by atoms with Gasteiger partial charge in [0.05, 0.1) is 11.3 Å². The highest BCUT2D eigenvalue weighted by atomic mass is 16.4. The van der Waals surface area contributed by atoms with Crippen molar-refractivity contribution >= 4 is 17.9 Å². The van der Waals surface area contributed by atoms with Gasteiger partial charge in [0.1, 0.15) is 0 Å². The van der Waals surface area contributed by atoms with E-state index in [1.54, 1.807) is 31.3 Å². The van der Waals surface area contributed by atoms with Gasteiger partial charge in [-0.15, -0.1) is 0 Å². The predicted molar refractivity (Wildman–Crippen MR) is 59.5 cm³/mol. The van der Waals surface area contributed by atoms with Crippen LogP contribution < -0.4 is 5.73 Å². The molecule has 0 saturated heterocycles. The van der Waals surface area contributed by atoms with Crippen LogP contribution in [0.15, 0.2) is 41.0 Å². The van der Waals surface area contributed by atoms with Crippen molar-refractivity contribution in [1.29, 1.82) is 0 Å². The molecule has 4 heteroatoms. The number of hydrogen-bond acceptors (Lipinski definition) is 3. The molecule has 0 aliphatic carbocycles. The van der Waals surface area contributed by atoms with Crippen molar-refractivity contribution in [3.05, 3.63) is 41.6 Å². The summed E-state index contributed by atoms with van der Waals surface area (Å²) >= 11 is 0. The second-order valence-corrected chi connectivity index (χ2v) is 3.04. The van der Waals surface area contributed by atoms with E-state index in [2.05, 4.69) is 4.99 Å². The highest BCUT2D eigenvalue weighted by Crippen LogP contribution is 2.12. The number of nitrogens with two attached hydrogens (primary N) is 1. The summed E-state index contributed by atoms with van der Waals surface area (Å²) in [7, 11) is 0. The van der Waals surface area contributed by atoms with Crippen molar-refractivity contribution in [2.24, 2.45) is 10.7 Å². The number of aliphatic imine (C=N–C) groups is 1. The molecule has 0 unspecified atom stereocenters. The zero-order chi connectivity index (χ0) is 11.3. The molecule has 0 atom stereocenters. The second-order valence-electron chi connectivity index (χ2n) is 3.04. The molecule has 78 valence electrons. The fraction of sp³-hybridized carbons (Fsp3) is 0.0909. The average Bonchev–Trinajstić information content (AvgIpc) is 2.18. The van der Waals surface area contributed by atoms with Gasteiger partial charge in [0, 0.05) is 11.9 Å². The summed E-state index contributed by atoms with van der Waals surface area (Å²) < 4.78 is 0. The van der Waals surface area contributed by atoms with E-state index in [0.717, 1.165) is 0 Å². The van der Waals surface area contributed by atoms with E-state index in [1.807, 2.05) is 0 Å². The molecule has 3 N–H and O–H groups in total. The first-order chi connectivity index (χ1) is 7.09. The SMILES string of the molecule is CC(N)=CC=Nc1ccc(C(=O)O)cc1. The maximum absolute atomic E-state index is 10.6. The molecule has 15 heavy (non-hydrogen) atoms. The van der Waals surface area contributed by atoms with Gasteiger partial charge in [0.25, 0.3) is 0 Å². The molecule has 0 aromatic heterocycles. The average molecular weight is 204 g/mol. The van der Waals surface area contributed by atoms with Gasteiger partial charge in [-0.1, -0.05) is 0 Å². The van der Waals surface area contributed by atoms with Crippen LogP contribution in [0.4, 0.5) is 5.69 Å². The van der Waals surface area contributed by atoms with Crippen LogP contribution in [0, 0.1) is 0 Å². The molecule has 1 rings (SSSR count). The minimum absolute atomic E-state index is 0.250. The lowest BCUT2D eigenvalue weighted by atomic mass is 10.2. The third-order valence-electron chi connectivity index (χ3n) is 1.68. The van der Waals surface area contributed by atoms with E-state index in [0.29, 0.717) is 11.4 Å². The molecule has 1 aromatic carbocycles. The molecule has 0 fully saturated rings. The number of aromatic carboxylic acids is 1. The van der Waals surface area contributed by atoms with E-state index < -0.39 is 5.97 Å². The van der Waals surface area contributed by atoms with E-state index in [9.17, 15) is 4.79 Å². The third-order valence-corrected chi connectivity index (χ3v) is 1.68. The number of allylic oxidation sites excluding steroid dienone is 2. The van der Waals surface area contributed by atoms with Crippen LogP contribution in [0.1, 0.15) is 17.3 Å². The summed E-state index contributed by atoms with van der Waals surface area (Å²) in [4.78, 5) is 14.6. The van der Waals surface area contributed by atoms with Crippen LogP contribution in [0.5, 0.6) is 0 Å². The summed E-state index contributed by atoms with van der Waals surface area (Å²) in [6.45, 7) is 1.76. The molecule has 1 aromatic rings. The molecule has 0 spiro atoms. The zero-order valence-electron chi connectivity index (χ0n) is 8.34. The summed E-state index contributed by atoms with van der Waals surface area (Å²) in [5.41, 5.74) is 7.02. The van der Waals surface area contributed by atoms with Crippen molar-refractivity contribution in [3.8, 4) is 0 Å². The minimum Gasteiger partial charge on any atom is -0.478 e. The first-order valence-electron chi connectivity index (χ1n) is 4.39. The highest BCUT2D eigenvalue weighted by molar-refractivity contribution is 5.88. The highest BCUT2D eigenvalue weighted by Gasteiger charge is 1.99. The Kier molecular flexibility index (Phi) is 3.62. The topological polar surface area (TPSA) is 75.7 Å². The summed E-state index contributed by atoms with van der Waals surface area (Å²) in [6, 6.07) is 6.29. The van der Waals surface area contributed by atoms with Crippen molar-refractivity contribution in [2.75, 3.05) is 0 Å². The number of hydrogen-bond donors (Lipinski definition) is 2. The largest absolute Gasteiger partial charge is 0.478 e. The van der Waals surface area contributed by atoms with Crippen LogP contribution in [-0.4, -0.2) is 17.3 Å². The maximum Gasteiger partial charge on any atom is 0.335 e. The number of carboxylic acid groups (broad SMARTS) is 1. The van der Waals surface area contributed by atoms with Gasteiger partial charge in [0.2, 0.25) is 0 Å². The first-order valence-corrected chi connectivity index (χ1v) is 4.39. The normalized spacial score (nSPS) is 11.9. The molecule has 0 aliphatic heterocycles. The van der Waals surface area contributed by atoms with E-state index in [4.69, 9.17) is 10.8 Å². The summed E-state index contributed by atoms with van der Waals surface area (Å²) in [5.74, 6) is -0.941. The number of nitrogens with zero attached hydrogens (tertiary/aromatic N) is 1. The number of carbonyl (C=O) groups is 1. The molecule has 0 radical (unpaired) electrons. The Morgan fingerprint density at radius 3 is 2.47 bits per heavy atom. The zero-order valence-corrected chi connectivity index (χ0v) is 8.34. The standard InChI is InChI=1S/C11H12N2O2/c1-8(12)6-7-13-10-4-2-9(3-5-10)11(14)15/h2-7H,12H2,1H3,(H,14,15). The molecule has 0 aliphatic rings.